The molecule has 0 fully saturated rings. The summed E-state index contributed by atoms with van der Waals surface area (Å²) >= 11 is 0. The molecule has 0 unspecified atom stereocenters. The molecule has 0 amide bonds. The smallest absolute Gasteiger partial charge is 0.110 e. The Morgan fingerprint density at radius 2 is 2.07 bits per heavy atom. The number of aliphatic hydroxyl groups is 1. The number of nitrogens with zero attached hydrogens (tertiary/aromatic N) is 2. The lowest BCUT2D eigenvalue weighted by Crippen LogP contribution is -2.02. The van der Waals surface area contributed by atoms with Gasteiger partial charge in [0.15, 0.2) is 0 Å². The summed E-state index contributed by atoms with van der Waals surface area (Å²) in [4.78, 5) is 4.17. The summed E-state index contributed by atoms with van der Waals surface area (Å²) in [5.41, 5.74) is 1.90. The van der Waals surface area contributed by atoms with Gasteiger partial charge in [0.1, 0.15) is 5.82 Å². The molecule has 0 saturated heterocycles. The number of hydrogen-bond donors (Lipinski definition) is 1. The third-order valence-electron chi connectivity index (χ3n) is 2.47. The third kappa shape index (κ3) is 1.78. The lowest BCUT2D eigenvalue weighted by molar-refractivity contribution is 0.199. The molecule has 1 aromatic heterocycles. The second-order valence-corrected chi connectivity index (χ2v) is 3.58. The average molecular weight is 202 g/mol. The molecule has 3 heteroatoms. The van der Waals surface area contributed by atoms with E-state index < -0.39 is 6.10 Å². The SMILES string of the molecule is Cc1nccn1-c1ccccc1[C@@H](C)O. The van der Waals surface area contributed by atoms with Crippen LogP contribution in [0.1, 0.15) is 24.4 Å². The molecule has 3 nitrogen and oxygen atoms in total. The second kappa shape index (κ2) is 3.87. The summed E-state index contributed by atoms with van der Waals surface area (Å²) in [6.07, 6.45) is 3.19. The maximum Gasteiger partial charge on any atom is 0.110 e. The summed E-state index contributed by atoms with van der Waals surface area (Å²) in [5, 5.41) is 9.66. The molecule has 0 bridgehead atoms. The number of benzene rings is 1. The van der Waals surface area contributed by atoms with Crippen LogP contribution in [0.5, 0.6) is 0 Å². The van der Waals surface area contributed by atoms with Crippen LogP contribution in [-0.2, 0) is 0 Å². The Labute approximate surface area is 89.0 Å². The Balaban J connectivity index is 2.58. The van der Waals surface area contributed by atoms with E-state index in [4.69, 9.17) is 0 Å². The van der Waals surface area contributed by atoms with E-state index in [1.54, 1.807) is 13.1 Å². The summed E-state index contributed by atoms with van der Waals surface area (Å²) < 4.78 is 1.97. The molecule has 78 valence electrons. The second-order valence-electron chi connectivity index (χ2n) is 3.58. The van der Waals surface area contributed by atoms with Gasteiger partial charge in [-0.25, -0.2) is 4.98 Å². The van der Waals surface area contributed by atoms with Crippen molar-refractivity contribution in [1.29, 1.82) is 0 Å². The van der Waals surface area contributed by atoms with Crippen molar-refractivity contribution in [3.05, 3.63) is 48.0 Å². The van der Waals surface area contributed by atoms with Crippen molar-refractivity contribution in [3.8, 4) is 5.69 Å². The van der Waals surface area contributed by atoms with Crippen molar-refractivity contribution < 1.29 is 5.11 Å². The standard InChI is InChI=1S/C12H14N2O/c1-9(15)11-5-3-4-6-12(11)14-8-7-13-10(14)2/h3-9,15H,1-2H3/t9-/m1/s1. The minimum Gasteiger partial charge on any atom is -0.389 e. The summed E-state index contributed by atoms with van der Waals surface area (Å²) in [7, 11) is 0. The molecule has 15 heavy (non-hydrogen) atoms. The largest absolute Gasteiger partial charge is 0.389 e. The van der Waals surface area contributed by atoms with E-state index in [0.29, 0.717) is 0 Å². The zero-order valence-corrected chi connectivity index (χ0v) is 8.88. The van der Waals surface area contributed by atoms with Gasteiger partial charge < -0.3 is 9.67 Å². The number of imidazole rings is 1. The number of aryl methyl sites for hydroxylation is 1. The molecule has 0 aliphatic rings. The van der Waals surface area contributed by atoms with Crippen molar-refractivity contribution in [2.75, 3.05) is 0 Å². The minimum absolute atomic E-state index is 0.469. The minimum atomic E-state index is -0.469. The van der Waals surface area contributed by atoms with E-state index in [0.717, 1.165) is 17.1 Å². The number of hydrogen-bond acceptors (Lipinski definition) is 2. The Hall–Kier alpha value is -1.61. The van der Waals surface area contributed by atoms with Crippen molar-refractivity contribution >= 4 is 0 Å². The van der Waals surface area contributed by atoms with Gasteiger partial charge in [0.25, 0.3) is 0 Å². The number of aromatic nitrogens is 2. The van der Waals surface area contributed by atoms with Gasteiger partial charge in [0.05, 0.1) is 11.8 Å². The Morgan fingerprint density at radius 3 is 2.67 bits per heavy atom. The molecule has 1 N–H and O–H groups in total. The van der Waals surface area contributed by atoms with Gasteiger partial charge >= 0.3 is 0 Å². The first kappa shape index (κ1) is 9.93. The van der Waals surface area contributed by atoms with Crippen LogP contribution >= 0.6 is 0 Å². The molecule has 1 atom stereocenters. The number of rotatable bonds is 2. The number of para-hydroxylation sites is 1. The Morgan fingerprint density at radius 1 is 1.33 bits per heavy atom. The van der Waals surface area contributed by atoms with E-state index in [1.165, 1.54) is 0 Å². The lowest BCUT2D eigenvalue weighted by atomic mass is 10.1. The molecule has 1 aromatic carbocycles. The first-order valence-corrected chi connectivity index (χ1v) is 4.97. The van der Waals surface area contributed by atoms with Crippen LogP contribution < -0.4 is 0 Å². The molecule has 1 heterocycles. The topological polar surface area (TPSA) is 38.0 Å². The van der Waals surface area contributed by atoms with Crippen molar-refractivity contribution in [3.63, 3.8) is 0 Å². The normalized spacial score (nSPS) is 12.7. The monoisotopic (exact) mass is 202 g/mol. The van der Waals surface area contributed by atoms with Gasteiger partial charge in [-0.1, -0.05) is 18.2 Å². The van der Waals surface area contributed by atoms with E-state index in [1.807, 2.05) is 42.0 Å². The van der Waals surface area contributed by atoms with Gasteiger partial charge in [-0.05, 0) is 19.9 Å². The van der Waals surface area contributed by atoms with E-state index in [2.05, 4.69) is 4.98 Å². The highest BCUT2D eigenvalue weighted by molar-refractivity contribution is 5.43. The van der Waals surface area contributed by atoms with Crippen LogP contribution in [0.2, 0.25) is 0 Å². The predicted octanol–water partition coefficient (Wildman–Crippen LogP) is 2.23. The summed E-state index contributed by atoms with van der Waals surface area (Å²) in [6, 6.07) is 7.80. The van der Waals surface area contributed by atoms with Crippen LogP contribution in [0.15, 0.2) is 36.7 Å². The van der Waals surface area contributed by atoms with E-state index in [9.17, 15) is 5.11 Å². The van der Waals surface area contributed by atoms with E-state index >= 15 is 0 Å². The molecular formula is C12H14N2O. The molecule has 2 rings (SSSR count). The molecule has 0 spiro atoms. The highest BCUT2D eigenvalue weighted by atomic mass is 16.3. The zero-order chi connectivity index (χ0) is 10.8. The third-order valence-corrected chi connectivity index (χ3v) is 2.47. The predicted molar refractivity (Wildman–Crippen MR) is 58.9 cm³/mol. The molecular weight excluding hydrogens is 188 g/mol. The highest BCUT2D eigenvalue weighted by Gasteiger charge is 2.09. The van der Waals surface area contributed by atoms with Crippen molar-refractivity contribution in [2.24, 2.45) is 0 Å². The highest BCUT2D eigenvalue weighted by Crippen LogP contribution is 2.21. The van der Waals surface area contributed by atoms with Gasteiger partial charge in [-0.3, -0.25) is 0 Å². The van der Waals surface area contributed by atoms with Crippen molar-refractivity contribution in [1.82, 2.24) is 9.55 Å². The Bertz CT molecular complexity index is 460. The molecule has 0 saturated carbocycles. The maximum absolute atomic E-state index is 9.66. The fourth-order valence-corrected chi connectivity index (χ4v) is 1.69. The van der Waals surface area contributed by atoms with Crippen LogP contribution in [0.25, 0.3) is 5.69 Å². The fourth-order valence-electron chi connectivity index (χ4n) is 1.69. The van der Waals surface area contributed by atoms with Gasteiger partial charge in [0, 0.05) is 18.0 Å². The zero-order valence-electron chi connectivity index (χ0n) is 8.88. The van der Waals surface area contributed by atoms with Crippen LogP contribution in [0.3, 0.4) is 0 Å². The molecule has 2 aromatic rings. The van der Waals surface area contributed by atoms with Crippen LogP contribution in [-0.4, -0.2) is 14.7 Å². The van der Waals surface area contributed by atoms with Gasteiger partial charge in [0.2, 0.25) is 0 Å². The molecule has 0 aliphatic heterocycles. The summed E-state index contributed by atoms with van der Waals surface area (Å²) in [6.45, 7) is 3.71. The molecule has 0 radical (unpaired) electrons. The van der Waals surface area contributed by atoms with Crippen LogP contribution in [0, 0.1) is 6.92 Å². The van der Waals surface area contributed by atoms with Gasteiger partial charge in [-0.2, -0.15) is 0 Å². The van der Waals surface area contributed by atoms with Gasteiger partial charge in [-0.15, -0.1) is 0 Å². The fraction of sp³-hybridized carbons (Fsp3) is 0.250. The lowest BCUT2D eigenvalue weighted by Gasteiger charge is -2.13. The van der Waals surface area contributed by atoms with E-state index in [-0.39, 0.29) is 0 Å². The summed E-state index contributed by atoms with van der Waals surface area (Å²) in [5.74, 6) is 0.920. The first-order chi connectivity index (χ1) is 7.20. The first-order valence-electron chi connectivity index (χ1n) is 4.97. The van der Waals surface area contributed by atoms with Crippen LogP contribution in [0.4, 0.5) is 0 Å². The van der Waals surface area contributed by atoms with Crippen molar-refractivity contribution in [2.45, 2.75) is 20.0 Å². The Kier molecular flexibility index (Phi) is 2.56. The number of aliphatic hydroxyl groups excluding tert-OH is 1. The molecule has 0 aliphatic carbocycles. The quantitative estimate of drug-likeness (QED) is 0.811. The average Bonchev–Trinajstić information content (AvgIpc) is 2.64. The maximum atomic E-state index is 9.66.